The van der Waals surface area contributed by atoms with Crippen molar-refractivity contribution in [2.75, 3.05) is 5.32 Å². The average molecular weight is 369 g/mol. The number of halogens is 3. The number of nitrogens with one attached hydrogen (secondary N) is 1. The van der Waals surface area contributed by atoms with Crippen LogP contribution < -0.4 is 5.32 Å². The summed E-state index contributed by atoms with van der Waals surface area (Å²) < 4.78 is -2.18. The Hall–Kier alpha value is -1.88. The van der Waals surface area contributed by atoms with Crippen LogP contribution in [-0.4, -0.2) is 21.3 Å². The zero-order valence-electron chi connectivity index (χ0n) is 11.4. The van der Waals surface area contributed by atoms with Crippen molar-refractivity contribution in [1.29, 1.82) is 0 Å². The molecule has 1 aliphatic rings. The molecule has 4 nitrogen and oxygen atoms in total. The highest BCUT2D eigenvalue weighted by Gasteiger charge is 2.35. The first-order valence-electron chi connectivity index (χ1n) is 6.50. The Labute approximate surface area is 146 Å². The molecule has 0 unspecified atom stereocenters. The molecule has 116 valence electrons. The van der Waals surface area contributed by atoms with E-state index in [1.807, 2.05) is 0 Å². The molecule has 0 bridgehead atoms. The van der Waals surface area contributed by atoms with Crippen LogP contribution in [0.4, 0.5) is 5.69 Å². The van der Waals surface area contributed by atoms with Crippen LogP contribution in [0.3, 0.4) is 0 Å². The molecule has 3 rings (SSSR count). The molecular weight excluding hydrogens is 361 g/mol. The van der Waals surface area contributed by atoms with Gasteiger partial charge in [0, 0.05) is 16.7 Å². The topological polar surface area (TPSA) is 63.2 Å². The second-order valence-corrected chi connectivity index (χ2v) is 7.17. The number of amides is 1. The fourth-order valence-electron chi connectivity index (χ4n) is 2.44. The highest BCUT2D eigenvalue weighted by Crippen LogP contribution is 2.34. The Morgan fingerprint density at radius 2 is 1.39 bits per heavy atom. The minimum absolute atomic E-state index is 0.0961. The molecule has 0 aromatic heterocycles. The first-order valence-corrected chi connectivity index (χ1v) is 7.63. The van der Waals surface area contributed by atoms with Crippen LogP contribution in [0.5, 0.6) is 0 Å². The number of carbonyl (C=O) groups excluding carboxylic acids is 3. The normalized spacial score (nSPS) is 13.3. The van der Waals surface area contributed by atoms with Crippen LogP contribution >= 0.6 is 34.8 Å². The van der Waals surface area contributed by atoms with Crippen LogP contribution in [-0.2, 0) is 4.79 Å². The number of rotatable bonds is 1. The van der Waals surface area contributed by atoms with Gasteiger partial charge in [0.2, 0.25) is 0 Å². The summed E-state index contributed by atoms with van der Waals surface area (Å²) in [7, 11) is 0. The molecule has 0 saturated carbocycles. The second kappa shape index (κ2) is 5.64. The smallest absolute Gasteiger partial charge is 0.276 e. The number of ketones is 2. The summed E-state index contributed by atoms with van der Waals surface area (Å²) in [4.78, 5) is 37.1. The average Bonchev–Trinajstić information content (AvgIpc) is 2.51. The maximum absolute atomic E-state index is 12.7. The van der Waals surface area contributed by atoms with Crippen LogP contribution in [0.25, 0.3) is 0 Å². The van der Waals surface area contributed by atoms with E-state index in [4.69, 9.17) is 34.8 Å². The molecule has 0 saturated heterocycles. The zero-order chi connectivity index (χ0) is 16.8. The summed E-state index contributed by atoms with van der Waals surface area (Å²) in [5.74, 6) is -1.56. The van der Waals surface area contributed by atoms with Crippen molar-refractivity contribution in [2.24, 2.45) is 0 Å². The molecule has 2 aromatic rings. The number of benzene rings is 2. The quantitative estimate of drug-likeness (QED) is 0.665. The number of anilines is 1. The summed E-state index contributed by atoms with van der Waals surface area (Å²) in [6.45, 7) is 0. The molecule has 0 spiro atoms. The molecule has 0 radical (unpaired) electrons. The lowest BCUT2D eigenvalue weighted by molar-refractivity contribution is -0.115. The Morgan fingerprint density at radius 1 is 0.826 bits per heavy atom. The van der Waals surface area contributed by atoms with E-state index in [1.165, 1.54) is 12.1 Å². The molecule has 1 amide bonds. The summed E-state index contributed by atoms with van der Waals surface area (Å²) in [6, 6.07) is 11.0. The molecule has 23 heavy (non-hydrogen) atoms. The number of alkyl halides is 3. The third-order valence-electron chi connectivity index (χ3n) is 3.46. The molecule has 0 atom stereocenters. The lowest BCUT2D eigenvalue weighted by atomic mass is 9.83. The Bertz CT molecular complexity index is 856. The fourth-order valence-corrected chi connectivity index (χ4v) is 2.58. The standard InChI is InChI=1S/C16H8Cl3NO3/c17-16(18,19)15(23)20-11-7-3-6-10-12(11)14(22)9-5-2-1-4-8(9)13(10)21/h1-7H,(H,20,23). The summed E-state index contributed by atoms with van der Waals surface area (Å²) in [5.41, 5.74) is 1.04. The van der Waals surface area contributed by atoms with Crippen molar-refractivity contribution >= 4 is 58.0 Å². The van der Waals surface area contributed by atoms with E-state index in [0.717, 1.165) is 0 Å². The van der Waals surface area contributed by atoms with Gasteiger partial charge in [-0.2, -0.15) is 0 Å². The Balaban J connectivity index is 2.13. The van der Waals surface area contributed by atoms with E-state index in [0.29, 0.717) is 5.56 Å². The van der Waals surface area contributed by atoms with Gasteiger partial charge in [0.25, 0.3) is 9.70 Å². The lowest BCUT2D eigenvalue weighted by Crippen LogP contribution is -2.29. The van der Waals surface area contributed by atoms with Gasteiger partial charge in [-0.05, 0) is 6.07 Å². The van der Waals surface area contributed by atoms with Crippen LogP contribution in [0.2, 0.25) is 0 Å². The van der Waals surface area contributed by atoms with Crippen molar-refractivity contribution in [1.82, 2.24) is 0 Å². The van der Waals surface area contributed by atoms with Crippen LogP contribution in [0, 0.1) is 0 Å². The molecule has 2 aromatic carbocycles. The van der Waals surface area contributed by atoms with Gasteiger partial charge in [-0.15, -0.1) is 0 Å². The lowest BCUT2D eigenvalue weighted by Gasteiger charge is -2.21. The first kappa shape index (κ1) is 16.0. The molecule has 1 N–H and O–H groups in total. The van der Waals surface area contributed by atoms with Gasteiger partial charge < -0.3 is 5.32 Å². The predicted molar refractivity (Wildman–Crippen MR) is 88.7 cm³/mol. The van der Waals surface area contributed by atoms with Crippen molar-refractivity contribution < 1.29 is 14.4 Å². The van der Waals surface area contributed by atoms with E-state index in [2.05, 4.69) is 5.32 Å². The van der Waals surface area contributed by atoms with Crippen LogP contribution in [0.15, 0.2) is 42.5 Å². The number of fused-ring (bicyclic) bond motifs is 2. The highest BCUT2D eigenvalue weighted by molar-refractivity contribution is 6.76. The summed E-state index contributed by atoms with van der Waals surface area (Å²) in [6.07, 6.45) is 0. The molecule has 0 aliphatic heterocycles. The monoisotopic (exact) mass is 367 g/mol. The second-order valence-electron chi connectivity index (χ2n) is 4.88. The highest BCUT2D eigenvalue weighted by atomic mass is 35.6. The maximum atomic E-state index is 12.7. The van der Waals surface area contributed by atoms with E-state index < -0.39 is 9.70 Å². The largest absolute Gasteiger partial charge is 0.322 e. The number of hydrogen-bond donors (Lipinski definition) is 1. The van der Waals surface area contributed by atoms with E-state index in [1.54, 1.807) is 30.3 Å². The fraction of sp³-hybridized carbons (Fsp3) is 0.0625. The van der Waals surface area contributed by atoms with Crippen LogP contribution in [0.1, 0.15) is 31.8 Å². The molecular formula is C16H8Cl3NO3. The first-order chi connectivity index (χ1) is 10.8. The van der Waals surface area contributed by atoms with Crippen molar-refractivity contribution in [3.63, 3.8) is 0 Å². The SMILES string of the molecule is O=C1c2ccccc2C(=O)c2c(NC(=O)C(Cl)(Cl)Cl)cccc21. The maximum Gasteiger partial charge on any atom is 0.276 e. The molecule has 1 aliphatic carbocycles. The summed E-state index contributed by atoms with van der Waals surface area (Å²) in [5, 5.41) is 2.38. The third kappa shape index (κ3) is 2.74. The van der Waals surface area contributed by atoms with Crippen molar-refractivity contribution in [2.45, 2.75) is 3.79 Å². The zero-order valence-corrected chi connectivity index (χ0v) is 13.7. The van der Waals surface area contributed by atoms with Gasteiger partial charge >= 0.3 is 0 Å². The van der Waals surface area contributed by atoms with E-state index in [9.17, 15) is 14.4 Å². The van der Waals surface area contributed by atoms with Gasteiger partial charge in [-0.3, -0.25) is 14.4 Å². The van der Waals surface area contributed by atoms with Gasteiger partial charge in [0.05, 0.1) is 11.3 Å². The predicted octanol–water partition coefficient (Wildman–Crippen LogP) is 3.77. The van der Waals surface area contributed by atoms with E-state index >= 15 is 0 Å². The van der Waals surface area contributed by atoms with Crippen molar-refractivity contribution in [3.05, 3.63) is 64.7 Å². The van der Waals surface area contributed by atoms with Gasteiger partial charge in [-0.1, -0.05) is 71.2 Å². The third-order valence-corrected chi connectivity index (χ3v) is 3.97. The van der Waals surface area contributed by atoms with E-state index in [-0.39, 0.29) is 33.9 Å². The number of carbonyl (C=O) groups is 3. The summed E-state index contributed by atoms with van der Waals surface area (Å²) >= 11 is 16.6. The minimum Gasteiger partial charge on any atom is -0.322 e. The molecule has 0 heterocycles. The molecule has 7 heteroatoms. The van der Waals surface area contributed by atoms with Crippen molar-refractivity contribution in [3.8, 4) is 0 Å². The molecule has 0 fully saturated rings. The minimum atomic E-state index is -2.18. The Morgan fingerprint density at radius 3 is 2.00 bits per heavy atom. The Kier molecular flexibility index (Phi) is 3.92. The van der Waals surface area contributed by atoms with Gasteiger partial charge in [0.15, 0.2) is 11.6 Å². The number of hydrogen-bond acceptors (Lipinski definition) is 3. The van der Waals surface area contributed by atoms with Gasteiger partial charge in [0.1, 0.15) is 0 Å². The van der Waals surface area contributed by atoms with Gasteiger partial charge in [-0.25, -0.2) is 0 Å².